The maximum absolute atomic E-state index is 5.74. The van der Waals surface area contributed by atoms with Gasteiger partial charge < -0.3 is 10.3 Å². The molecule has 2 N–H and O–H groups in total. The maximum Gasteiger partial charge on any atom is 0.125 e. The van der Waals surface area contributed by atoms with Crippen molar-refractivity contribution in [2.24, 2.45) is 0 Å². The van der Waals surface area contributed by atoms with E-state index in [0.717, 1.165) is 31.0 Å². The van der Waals surface area contributed by atoms with Gasteiger partial charge in [-0.2, -0.15) is 0 Å². The third-order valence-corrected chi connectivity index (χ3v) is 2.40. The van der Waals surface area contributed by atoms with E-state index in [0.29, 0.717) is 5.02 Å². The van der Waals surface area contributed by atoms with Crippen LogP contribution in [0.25, 0.3) is 0 Å². The van der Waals surface area contributed by atoms with Crippen LogP contribution in [0.15, 0.2) is 30.7 Å². The Bertz CT molecular complexity index is 410. The van der Waals surface area contributed by atoms with Gasteiger partial charge in [0.2, 0.25) is 0 Å². The van der Waals surface area contributed by atoms with E-state index >= 15 is 0 Å². The van der Waals surface area contributed by atoms with Gasteiger partial charge in [-0.1, -0.05) is 11.6 Å². The summed E-state index contributed by atoms with van der Waals surface area (Å²) in [7, 11) is 0. The smallest absolute Gasteiger partial charge is 0.125 e. The Morgan fingerprint density at radius 1 is 1.31 bits per heavy atom. The van der Waals surface area contributed by atoms with E-state index in [-0.39, 0.29) is 0 Å². The van der Waals surface area contributed by atoms with Gasteiger partial charge in [0.15, 0.2) is 0 Å². The zero-order valence-corrected chi connectivity index (χ0v) is 9.54. The molecule has 0 atom stereocenters. The molecule has 2 aromatic heterocycles. The molecule has 0 aliphatic rings. The highest BCUT2D eigenvalue weighted by Crippen LogP contribution is 2.09. The van der Waals surface area contributed by atoms with Gasteiger partial charge >= 0.3 is 0 Å². The molecule has 0 amide bonds. The van der Waals surface area contributed by atoms with Crippen molar-refractivity contribution in [3.8, 4) is 0 Å². The molecule has 2 rings (SSSR count). The number of aromatic nitrogens is 3. The Balaban J connectivity index is 1.70. The second-order valence-electron chi connectivity index (χ2n) is 3.43. The average molecular weight is 237 g/mol. The number of anilines is 1. The number of nitrogens with one attached hydrogen (secondary N) is 2. The van der Waals surface area contributed by atoms with Gasteiger partial charge in [0.25, 0.3) is 0 Å². The van der Waals surface area contributed by atoms with Crippen LogP contribution >= 0.6 is 11.6 Å². The van der Waals surface area contributed by atoms with E-state index in [1.165, 1.54) is 0 Å². The van der Waals surface area contributed by atoms with Crippen LogP contribution in [0, 0.1) is 0 Å². The first-order valence-electron chi connectivity index (χ1n) is 5.18. The van der Waals surface area contributed by atoms with Gasteiger partial charge in [-0.3, -0.25) is 0 Å². The van der Waals surface area contributed by atoms with Crippen LogP contribution < -0.4 is 5.32 Å². The second kappa shape index (κ2) is 5.51. The molecule has 2 aromatic rings. The third-order valence-electron chi connectivity index (χ3n) is 2.18. The molecule has 0 saturated carbocycles. The topological polar surface area (TPSA) is 53.6 Å². The monoisotopic (exact) mass is 236 g/mol. The number of aryl methyl sites for hydroxylation is 1. The molecule has 0 unspecified atom stereocenters. The molecule has 4 nitrogen and oxygen atoms in total. The van der Waals surface area contributed by atoms with Crippen molar-refractivity contribution < 1.29 is 0 Å². The molecule has 2 heterocycles. The van der Waals surface area contributed by atoms with Crippen LogP contribution in [0.3, 0.4) is 0 Å². The summed E-state index contributed by atoms with van der Waals surface area (Å²) in [6.45, 7) is 0.870. The van der Waals surface area contributed by atoms with Crippen molar-refractivity contribution in [3.05, 3.63) is 41.6 Å². The lowest BCUT2D eigenvalue weighted by Crippen LogP contribution is -2.04. The molecule has 84 valence electrons. The summed E-state index contributed by atoms with van der Waals surface area (Å²) in [5.41, 5.74) is 0. The second-order valence-corrected chi connectivity index (χ2v) is 3.86. The number of aromatic amines is 1. The lowest BCUT2D eigenvalue weighted by Gasteiger charge is -2.04. The number of hydrogen-bond donors (Lipinski definition) is 2. The van der Waals surface area contributed by atoms with Crippen molar-refractivity contribution in [2.45, 2.75) is 12.8 Å². The number of pyridine rings is 1. The minimum absolute atomic E-state index is 0.654. The maximum atomic E-state index is 5.74. The molecule has 5 heteroatoms. The Labute approximate surface area is 99.1 Å². The van der Waals surface area contributed by atoms with E-state index in [4.69, 9.17) is 11.6 Å². The van der Waals surface area contributed by atoms with Crippen LogP contribution in [0.5, 0.6) is 0 Å². The number of imidazole rings is 1. The zero-order valence-electron chi connectivity index (χ0n) is 8.78. The summed E-state index contributed by atoms with van der Waals surface area (Å²) < 4.78 is 0. The first-order chi connectivity index (χ1) is 7.84. The molecule has 0 saturated heterocycles. The predicted molar refractivity (Wildman–Crippen MR) is 64.6 cm³/mol. The number of hydrogen-bond acceptors (Lipinski definition) is 3. The van der Waals surface area contributed by atoms with Crippen molar-refractivity contribution in [3.63, 3.8) is 0 Å². The Kier molecular flexibility index (Phi) is 3.77. The van der Waals surface area contributed by atoms with E-state index < -0.39 is 0 Å². The molecular weight excluding hydrogens is 224 g/mol. The minimum atomic E-state index is 0.654. The molecule has 0 aliphatic carbocycles. The van der Waals surface area contributed by atoms with Gasteiger partial charge in [-0.25, -0.2) is 9.97 Å². The highest BCUT2D eigenvalue weighted by Gasteiger charge is 1.96. The fourth-order valence-electron chi connectivity index (χ4n) is 1.39. The van der Waals surface area contributed by atoms with Gasteiger partial charge in [0.05, 0.1) is 5.02 Å². The van der Waals surface area contributed by atoms with E-state index in [1.54, 1.807) is 12.4 Å². The summed E-state index contributed by atoms with van der Waals surface area (Å²) in [6.07, 6.45) is 7.19. The van der Waals surface area contributed by atoms with Gasteiger partial charge in [0, 0.05) is 31.6 Å². The molecule has 16 heavy (non-hydrogen) atoms. The Hall–Kier alpha value is -1.55. The number of rotatable bonds is 5. The summed E-state index contributed by atoms with van der Waals surface area (Å²) in [5, 5.41) is 3.88. The average Bonchev–Trinajstić information content (AvgIpc) is 2.80. The van der Waals surface area contributed by atoms with Crippen molar-refractivity contribution in [1.29, 1.82) is 0 Å². The van der Waals surface area contributed by atoms with Crippen LogP contribution in [-0.2, 0) is 6.42 Å². The van der Waals surface area contributed by atoms with Crippen molar-refractivity contribution in [2.75, 3.05) is 11.9 Å². The lowest BCUT2D eigenvalue weighted by molar-refractivity contribution is 0.814. The number of halogens is 1. The normalized spacial score (nSPS) is 10.3. The fourth-order valence-corrected chi connectivity index (χ4v) is 1.50. The first-order valence-corrected chi connectivity index (χ1v) is 5.56. The summed E-state index contributed by atoms with van der Waals surface area (Å²) >= 11 is 5.74. The van der Waals surface area contributed by atoms with Crippen LogP contribution in [0.2, 0.25) is 5.02 Å². The fraction of sp³-hybridized carbons (Fsp3) is 0.273. The molecule has 0 fully saturated rings. The minimum Gasteiger partial charge on any atom is -0.370 e. The summed E-state index contributed by atoms with van der Waals surface area (Å²) in [6, 6.07) is 3.69. The number of H-pyrrole nitrogens is 1. The van der Waals surface area contributed by atoms with E-state index in [1.807, 2.05) is 18.3 Å². The molecular formula is C11H13ClN4. The largest absolute Gasteiger partial charge is 0.370 e. The standard InChI is InChI=1S/C11H13ClN4/c12-9-3-4-11(16-8-9)13-5-1-2-10-14-6-7-15-10/h3-4,6-8H,1-2,5H2,(H,13,16)(H,14,15). The lowest BCUT2D eigenvalue weighted by atomic mass is 10.3. The van der Waals surface area contributed by atoms with E-state index in [9.17, 15) is 0 Å². The van der Waals surface area contributed by atoms with Crippen LogP contribution in [0.4, 0.5) is 5.82 Å². The van der Waals surface area contributed by atoms with Gasteiger partial charge in [0.1, 0.15) is 11.6 Å². The molecule has 0 spiro atoms. The van der Waals surface area contributed by atoms with Crippen LogP contribution in [0.1, 0.15) is 12.2 Å². The Morgan fingerprint density at radius 3 is 2.94 bits per heavy atom. The van der Waals surface area contributed by atoms with Gasteiger partial charge in [-0.05, 0) is 18.6 Å². The first kappa shape index (κ1) is 11.0. The van der Waals surface area contributed by atoms with Gasteiger partial charge in [-0.15, -0.1) is 0 Å². The van der Waals surface area contributed by atoms with E-state index in [2.05, 4.69) is 20.3 Å². The van der Waals surface area contributed by atoms with Crippen molar-refractivity contribution >= 4 is 17.4 Å². The Morgan fingerprint density at radius 2 is 2.25 bits per heavy atom. The molecule has 0 aromatic carbocycles. The highest BCUT2D eigenvalue weighted by molar-refractivity contribution is 6.30. The molecule has 0 bridgehead atoms. The van der Waals surface area contributed by atoms with Crippen molar-refractivity contribution in [1.82, 2.24) is 15.0 Å². The summed E-state index contributed by atoms with van der Waals surface area (Å²) in [4.78, 5) is 11.4. The zero-order chi connectivity index (χ0) is 11.2. The SMILES string of the molecule is Clc1ccc(NCCCc2ncc[nH]2)nc1. The molecule has 0 aliphatic heterocycles. The van der Waals surface area contributed by atoms with Crippen LogP contribution in [-0.4, -0.2) is 21.5 Å². The third kappa shape index (κ3) is 3.24. The highest BCUT2D eigenvalue weighted by atomic mass is 35.5. The quantitative estimate of drug-likeness (QED) is 0.785. The molecule has 0 radical (unpaired) electrons. The predicted octanol–water partition coefficient (Wildman–Crippen LogP) is 2.50. The number of nitrogens with zero attached hydrogens (tertiary/aromatic N) is 2. The summed E-state index contributed by atoms with van der Waals surface area (Å²) in [5.74, 6) is 1.87.